The van der Waals surface area contributed by atoms with Gasteiger partial charge >= 0.3 is 6.03 Å². The minimum absolute atomic E-state index is 0.165. The normalized spacial score (nSPS) is 17.8. The molecule has 2 fully saturated rings. The van der Waals surface area contributed by atoms with Crippen LogP contribution < -0.4 is 10.2 Å². The molecule has 1 aromatic heterocycles. The molecule has 1 N–H and O–H groups in total. The molecule has 0 atom stereocenters. The van der Waals surface area contributed by atoms with Crippen molar-refractivity contribution in [2.75, 3.05) is 57.4 Å². The van der Waals surface area contributed by atoms with Gasteiger partial charge in [-0.15, -0.1) is 0 Å². The molecule has 2 amide bonds. The first-order valence-corrected chi connectivity index (χ1v) is 12.4. The lowest BCUT2D eigenvalue weighted by Gasteiger charge is -2.35. The number of aromatic nitrogens is 1. The molecular formula is C22H28FN5O4S. The van der Waals surface area contributed by atoms with Gasteiger partial charge in [-0.3, -0.25) is 0 Å². The third kappa shape index (κ3) is 5.43. The Kier molecular flexibility index (Phi) is 7.11. The third-order valence-electron chi connectivity index (χ3n) is 5.90. The molecule has 2 aliphatic heterocycles. The predicted molar refractivity (Wildman–Crippen MR) is 121 cm³/mol. The fourth-order valence-electron chi connectivity index (χ4n) is 3.82. The Balaban J connectivity index is 1.29. The number of hydrogen-bond acceptors (Lipinski definition) is 6. The molecular weight excluding hydrogens is 449 g/mol. The van der Waals surface area contributed by atoms with Gasteiger partial charge in [0.2, 0.25) is 10.0 Å². The third-order valence-corrected chi connectivity index (χ3v) is 7.78. The number of nitrogens with one attached hydrogen (secondary N) is 1. The van der Waals surface area contributed by atoms with Gasteiger partial charge in [0, 0.05) is 52.0 Å². The minimum Gasteiger partial charge on any atom is -0.379 e. The van der Waals surface area contributed by atoms with E-state index < -0.39 is 10.0 Å². The zero-order valence-electron chi connectivity index (χ0n) is 18.5. The quantitative estimate of drug-likeness (QED) is 0.703. The van der Waals surface area contributed by atoms with Crippen molar-refractivity contribution >= 4 is 21.9 Å². The van der Waals surface area contributed by atoms with Crippen LogP contribution in [0.25, 0.3) is 0 Å². The summed E-state index contributed by atoms with van der Waals surface area (Å²) >= 11 is 0. The minimum atomic E-state index is -3.58. The van der Waals surface area contributed by atoms with Crippen molar-refractivity contribution in [2.24, 2.45) is 0 Å². The molecule has 0 aliphatic carbocycles. The molecule has 2 aliphatic rings. The van der Waals surface area contributed by atoms with E-state index in [1.54, 1.807) is 36.1 Å². The molecule has 2 saturated heterocycles. The van der Waals surface area contributed by atoms with E-state index in [0.29, 0.717) is 69.4 Å². The maximum atomic E-state index is 13.7. The first-order chi connectivity index (χ1) is 15.8. The number of piperazine rings is 1. The number of urea groups is 1. The molecule has 0 unspecified atom stereocenters. The van der Waals surface area contributed by atoms with Crippen LogP contribution in [0.5, 0.6) is 0 Å². The Hall–Kier alpha value is -2.76. The first-order valence-electron chi connectivity index (χ1n) is 10.9. The van der Waals surface area contributed by atoms with E-state index in [-0.39, 0.29) is 23.3 Å². The summed E-state index contributed by atoms with van der Waals surface area (Å²) in [6.45, 7) is 5.59. The SMILES string of the molecule is Cc1ccc(CNC(=O)N2CCN(c3ccc(S(=O)(=O)N4CCOCC4)cn3)CC2)cc1F. The molecule has 2 aromatic rings. The Bertz CT molecular complexity index is 1080. The number of benzene rings is 1. The topological polar surface area (TPSA) is 95.1 Å². The van der Waals surface area contributed by atoms with Gasteiger partial charge in [-0.2, -0.15) is 4.31 Å². The number of aryl methyl sites for hydroxylation is 1. The van der Waals surface area contributed by atoms with Gasteiger partial charge < -0.3 is 19.9 Å². The van der Waals surface area contributed by atoms with Crippen molar-refractivity contribution < 1.29 is 22.3 Å². The summed E-state index contributed by atoms with van der Waals surface area (Å²) in [7, 11) is -3.58. The smallest absolute Gasteiger partial charge is 0.317 e. The number of ether oxygens (including phenoxy) is 1. The maximum Gasteiger partial charge on any atom is 0.317 e. The lowest BCUT2D eigenvalue weighted by Crippen LogP contribution is -2.51. The summed E-state index contributed by atoms with van der Waals surface area (Å²) in [6, 6.07) is 8.01. The number of carbonyl (C=O) groups is 1. The molecule has 178 valence electrons. The molecule has 0 spiro atoms. The van der Waals surface area contributed by atoms with Crippen LogP contribution in [-0.4, -0.2) is 81.1 Å². The van der Waals surface area contributed by atoms with Crippen molar-refractivity contribution in [3.8, 4) is 0 Å². The fraction of sp³-hybridized carbons (Fsp3) is 0.455. The molecule has 9 nitrogen and oxygen atoms in total. The molecule has 4 rings (SSSR count). The van der Waals surface area contributed by atoms with Gasteiger partial charge in [0.1, 0.15) is 16.5 Å². The summed E-state index contributed by atoms with van der Waals surface area (Å²) in [6.07, 6.45) is 1.39. The number of hydrogen-bond donors (Lipinski definition) is 1. The van der Waals surface area contributed by atoms with Gasteiger partial charge in [-0.25, -0.2) is 22.6 Å². The van der Waals surface area contributed by atoms with E-state index in [0.717, 1.165) is 0 Å². The van der Waals surface area contributed by atoms with Crippen LogP contribution in [0.15, 0.2) is 41.4 Å². The largest absolute Gasteiger partial charge is 0.379 e. The summed E-state index contributed by atoms with van der Waals surface area (Å²) in [5.41, 5.74) is 1.28. The molecule has 0 saturated carbocycles. The van der Waals surface area contributed by atoms with Crippen molar-refractivity contribution in [2.45, 2.75) is 18.4 Å². The van der Waals surface area contributed by atoms with E-state index in [2.05, 4.69) is 10.3 Å². The van der Waals surface area contributed by atoms with Crippen LogP contribution in [0.3, 0.4) is 0 Å². The number of nitrogens with zero attached hydrogens (tertiary/aromatic N) is 4. The average Bonchev–Trinajstić information content (AvgIpc) is 2.85. The van der Waals surface area contributed by atoms with Crippen molar-refractivity contribution in [3.63, 3.8) is 0 Å². The van der Waals surface area contributed by atoms with Crippen LogP contribution in [-0.2, 0) is 21.3 Å². The number of carbonyl (C=O) groups excluding carboxylic acids is 1. The number of rotatable bonds is 5. The highest BCUT2D eigenvalue weighted by Gasteiger charge is 2.27. The number of halogens is 1. The van der Waals surface area contributed by atoms with E-state index in [9.17, 15) is 17.6 Å². The Morgan fingerprint density at radius 3 is 2.45 bits per heavy atom. The second kappa shape index (κ2) is 10.0. The van der Waals surface area contributed by atoms with Crippen LogP contribution >= 0.6 is 0 Å². The summed E-state index contributed by atoms with van der Waals surface area (Å²) < 4.78 is 45.8. The maximum absolute atomic E-state index is 13.7. The number of sulfonamides is 1. The Morgan fingerprint density at radius 1 is 1.09 bits per heavy atom. The number of morpholine rings is 1. The molecule has 11 heteroatoms. The number of anilines is 1. The first kappa shape index (κ1) is 23.4. The lowest BCUT2D eigenvalue weighted by atomic mass is 10.1. The van der Waals surface area contributed by atoms with Crippen LogP contribution in [0.4, 0.5) is 15.0 Å². The van der Waals surface area contributed by atoms with E-state index in [4.69, 9.17) is 4.74 Å². The van der Waals surface area contributed by atoms with Crippen LogP contribution in [0.2, 0.25) is 0 Å². The standard InChI is InChI=1S/C22H28FN5O4S/c1-17-2-3-18(14-20(17)23)15-25-22(29)27-8-6-26(7-9-27)21-5-4-19(16-24-21)33(30,31)28-10-12-32-13-11-28/h2-5,14,16H,6-13,15H2,1H3,(H,25,29). The molecule has 33 heavy (non-hydrogen) atoms. The van der Waals surface area contributed by atoms with Gasteiger partial charge in [-0.1, -0.05) is 12.1 Å². The average molecular weight is 478 g/mol. The van der Waals surface area contributed by atoms with Gasteiger partial charge in [0.05, 0.1) is 13.2 Å². The summed E-state index contributed by atoms with van der Waals surface area (Å²) in [4.78, 5) is 20.7. The molecule has 0 bridgehead atoms. The monoisotopic (exact) mass is 477 g/mol. The van der Waals surface area contributed by atoms with Crippen LogP contribution in [0, 0.1) is 12.7 Å². The van der Waals surface area contributed by atoms with Gasteiger partial charge in [0.25, 0.3) is 0 Å². The number of pyridine rings is 1. The second-order valence-electron chi connectivity index (χ2n) is 8.08. The number of amides is 2. The van der Waals surface area contributed by atoms with Gasteiger partial charge in [0.15, 0.2) is 0 Å². The lowest BCUT2D eigenvalue weighted by molar-refractivity contribution is 0.0730. The summed E-state index contributed by atoms with van der Waals surface area (Å²) in [5.74, 6) is 0.387. The molecule has 0 radical (unpaired) electrons. The Labute approximate surface area is 193 Å². The molecule has 1 aromatic carbocycles. The zero-order valence-corrected chi connectivity index (χ0v) is 19.4. The zero-order chi connectivity index (χ0) is 23.4. The van der Waals surface area contributed by atoms with Crippen molar-refractivity contribution in [1.82, 2.24) is 19.5 Å². The van der Waals surface area contributed by atoms with Crippen molar-refractivity contribution in [3.05, 3.63) is 53.5 Å². The Morgan fingerprint density at radius 2 is 1.82 bits per heavy atom. The fourth-order valence-corrected chi connectivity index (χ4v) is 5.18. The second-order valence-corrected chi connectivity index (χ2v) is 10.0. The van der Waals surface area contributed by atoms with E-state index in [1.165, 1.54) is 16.6 Å². The van der Waals surface area contributed by atoms with Gasteiger partial charge in [-0.05, 0) is 36.2 Å². The van der Waals surface area contributed by atoms with E-state index >= 15 is 0 Å². The van der Waals surface area contributed by atoms with E-state index in [1.807, 2.05) is 4.90 Å². The summed E-state index contributed by atoms with van der Waals surface area (Å²) in [5, 5.41) is 2.83. The molecule has 3 heterocycles. The predicted octanol–water partition coefficient (Wildman–Crippen LogP) is 1.58. The van der Waals surface area contributed by atoms with Crippen molar-refractivity contribution in [1.29, 1.82) is 0 Å². The highest BCUT2D eigenvalue weighted by atomic mass is 32.2. The van der Waals surface area contributed by atoms with Crippen LogP contribution in [0.1, 0.15) is 11.1 Å². The highest BCUT2D eigenvalue weighted by Crippen LogP contribution is 2.20. The highest BCUT2D eigenvalue weighted by molar-refractivity contribution is 7.89.